The highest BCUT2D eigenvalue weighted by Crippen LogP contribution is 2.21. The van der Waals surface area contributed by atoms with Crippen molar-refractivity contribution in [2.45, 2.75) is 0 Å². The highest BCUT2D eigenvalue weighted by molar-refractivity contribution is 6.11. The van der Waals surface area contributed by atoms with Gasteiger partial charge in [-0.1, -0.05) is 6.07 Å². The SMILES string of the molecule is CNOC.CON(C)C(=O)c1ccc2nccnc2c1.O=C(Nc1cccc(F)c1)Nc1ccc(F)c(C(=O)c2ccc3nccnc3c2)c1.O=C(O)c1ccc2nccnc2c1. The Morgan fingerprint density at radius 1 is 0.587 bits per heavy atom. The number of ketones is 1. The van der Waals surface area contributed by atoms with E-state index in [-0.39, 0.29) is 34.0 Å². The van der Waals surface area contributed by atoms with Crippen molar-refractivity contribution in [3.05, 3.63) is 168 Å². The van der Waals surface area contributed by atoms with Gasteiger partial charge in [-0.05, 0) is 91.0 Å². The van der Waals surface area contributed by atoms with Crippen molar-refractivity contribution in [1.82, 2.24) is 40.4 Å². The third-order valence-corrected chi connectivity index (χ3v) is 8.48. The number of nitrogens with one attached hydrogen (secondary N) is 3. The molecular formula is C44H38F2N10O7. The van der Waals surface area contributed by atoms with Crippen LogP contribution in [0.2, 0.25) is 0 Å². The number of halogens is 2. The second-order valence-electron chi connectivity index (χ2n) is 12.6. The fourth-order valence-corrected chi connectivity index (χ4v) is 5.35. The van der Waals surface area contributed by atoms with E-state index in [1.54, 1.807) is 70.1 Å². The molecule has 17 nitrogen and oxygen atoms in total. The third-order valence-electron chi connectivity index (χ3n) is 8.48. The van der Waals surface area contributed by atoms with Gasteiger partial charge in [-0.25, -0.2) is 28.9 Å². The molecule has 3 amide bonds. The third kappa shape index (κ3) is 12.9. The van der Waals surface area contributed by atoms with Gasteiger partial charge in [0.25, 0.3) is 5.91 Å². The lowest BCUT2D eigenvalue weighted by Gasteiger charge is -2.13. The summed E-state index contributed by atoms with van der Waals surface area (Å²) in [6, 6.07) is 22.9. The maximum Gasteiger partial charge on any atom is 0.335 e. The summed E-state index contributed by atoms with van der Waals surface area (Å²) in [4.78, 5) is 81.0. The number of aromatic carboxylic acids is 1. The normalized spacial score (nSPS) is 10.3. The molecule has 320 valence electrons. The first-order valence-electron chi connectivity index (χ1n) is 18.5. The van der Waals surface area contributed by atoms with Gasteiger partial charge in [-0.3, -0.25) is 44.3 Å². The van der Waals surface area contributed by atoms with Gasteiger partial charge >= 0.3 is 12.0 Å². The number of carbonyl (C=O) groups is 4. The Labute approximate surface area is 357 Å². The molecule has 3 aromatic heterocycles. The molecule has 19 heteroatoms. The Morgan fingerprint density at radius 2 is 1.05 bits per heavy atom. The summed E-state index contributed by atoms with van der Waals surface area (Å²) in [6.07, 6.45) is 9.35. The number of amides is 3. The van der Waals surface area contributed by atoms with Crippen LogP contribution in [-0.2, 0) is 9.68 Å². The molecule has 8 rings (SSSR count). The highest BCUT2D eigenvalue weighted by atomic mass is 19.1. The van der Waals surface area contributed by atoms with Gasteiger partial charge < -0.3 is 20.6 Å². The summed E-state index contributed by atoms with van der Waals surface area (Å²) in [5.74, 6) is -2.95. The van der Waals surface area contributed by atoms with Crippen LogP contribution in [0.3, 0.4) is 0 Å². The number of hydroxylamine groups is 3. The average Bonchev–Trinajstić information content (AvgIpc) is 3.31. The van der Waals surface area contributed by atoms with E-state index in [9.17, 15) is 28.0 Å². The first-order valence-corrected chi connectivity index (χ1v) is 18.5. The molecule has 4 N–H and O–H groups in total. The first kappa shape index (κ1) is 45.8. The van der Waals surface area contributed by atoms with Crippen molar-refractivity contribution in [2.24, 2.45) is 0 Å². The van der Waals surface area contributed by atoms with Crippen LogP contribution >= 0.6 is 0 Å². The molecule has 0 aliphatic rings. The van der Waals surface area contributed by atoms with Crippen LogP contribution in [-0.4, -0.2) is 92.1 Å². The zero-order valence-corrected chi connectivity index (χ0v) is 34.0. The molecule has 0 spiro atoms. The smallest absolute Gasteiger partial charge is 0.335 e. The Balaban J connectivity index is 0.000000189. The Bertz CT molecular complexity index is 2890. The van der Waals surface area contributed by atoms with Crippen LogP contribution in [0.5, 0.6) is 0 Å². The fraction of sp³-hybridized carbons (Fsp3) is 0.0909. The topological polar surface area (TPSA) is 224 Å². The number of benzene rings is 5. The van der Waals surface area contributed by atoms with Crippen molar-refractivity contribution < 1.29 is 42.7 Å². The summed E-state index contributed by atoms with van der Waals surface area (Å²) in [5.41, 5.74) is 7.55. The van der Waals surface area contributed by atoms with Crippen LogP contribution in [0.4, 0.5) is 25.0 Å². The fourth-order valence-electron chi connectivity index (χ4n) is 5.35. The van der Waals surface area contributed by atoms with Crippen molar-refractivity contribution in [1.29, 1.82) is 0 Å². The number of nitrogens with zero attached hydrogens (tertiary/aromatic N) is 7. The number of urea groups is 1. The minimum absolute atomic E-state index is 0.203. The maximum absolute atomic E-state index is 14.3. The van der Waals surface area contributed by atoms with E-state index in [4.69, 9.17) is 9.94 Å². The standard InChI is InChI=1S/C22H14F2N4O2.C11H11N3O2.C9H6N2O2.C2H7NO/c23-14-2-1-3-15(11-14)27-22(30)28-16-5-6-18(24)17(12-16)21(29)13-4-7-19-20(10-13)26-9-8-25-19;1-14(16-2)11(15)8-3-4-9-10(7-8)13-6-5-12-9;12-9(13)6-1-2-7-8(5-6)11-4-3-10-7;1-3-4-2/h1-12H,(H2,27,28,30);3-7H,1-2H3;1-5H,(H,12,13);3H,1-2H3. The molecule has 0 unspecified atom stereocenters. The highest BCUT2D eigenvalue weighted by Gasteiger charge is 2.17. The second kappa shape index (κ2) is 22.4. The van der Waals surface area contributed by atoms with Gasteiger partial charge in [-0.2, -0.15) is 0 Å². The van der Waals surface area contributed by atoms with Crippen LogP contribution in [0.25, 0.3) is 33.1 Å². The Hall–Kier alpha value is -8.26. The molecule has 63 heavy (non-hydrogen) atoms. The van der Waals surface area contributed by atoms with Crippen molar-refractivity contribution in [3.63, 3.8) is 0 Å². The molecule has 0 radical (unpaired) electrons. The van der Waals surface area contributed by atoms with Gasteiger partial charge in [0.1, 0.15) is 11.6 Å². The molecule has 5 aromatic carbocycles. The van der Waals surface area contributed by atoms with Crippen LogP contribution in [0.1, 0.15) is 36.6 Å². The minimum Gasteiger partial charge on any atom is -0.478 e. The van der Waals surface area contributed by atoms with E-state index in [1.807, 2.05) is 0 Å². The minimum atomic E-state index is -0.951. The van der Waals surface area contributed by atoms with Gasteiger partial charge in [0, 0.05) is 73.8 Å². The van der Waals surface area contributed by atoms with Crippen molar-refractivity contribution >= 4 is 68.2 Å². The summed E-state index contributed by atoms with van der Waals surface area (Å²) < 4.78 is 27.6. The number of carboxylic acids is 1. The molecule has 0 aliphatic carbocycles. The van der Waals surface area contributed by atoms with Crippen LogP contribution in [0, 0.1) is 11.6 Å². The van der Waals surface area contributed by atoms with E-state index in [0.29, 0.717) is 33.1 Å². The largest absolute Gasteiger partial charge is 0.478 e. The van der Waals surface area contributed by atoms with Crippen molar-refractivity contribution in [3.8, 4) is 0 Å². The lowest BCUT2D eigenvalue weighted by molar-refractivity contribution is -0.0756. The van der Waals surface area contributed by atoms with Crippen LogP contribution in [0.15, 0.2) is 134 Å². The molecule has 0 saturated carbocycles. The number of fused-ring (bicyclic) bond motifs is 3. The Kier molecular flexibility index (Phi) is 16.3. The number of rotatable bonds is 8. The molecule has 0 bridgehead atoms. The number of anilines is 2. The monoisotopic (exact) mass is 856 g/mol. The van der Waals surface area contributed by atoms with Crippen LogP contribution < -0.4 is 16.1 Å². The van der Waals surface area contributed by atoms with Crippen molar-refractivity contribution in [2.75, 3.05) is 38.9 Å². The van der Waals surface area contributed by atoms with Gasteiger partial charge in [0.05, 0.1) is 58.4 Å². The van der Waals surface area contributed by atoms with Gasteiger partial charge in [0.2, 0.25) is 0 Å². The average molecular weight is 857 g/mol. The molecule has 3 heterocycles. The van der Waals surface area contributed by atoms with Gasteiger partial charge in [-0.15, -0.1) is 0 Å². The summed E-state index contributed by atoms with van der Waals surface area (Å²) in [7, 11) is 6.28. The number of hydrogen-bond acceptors (Lipinski definition) is 13. The number of aromatic nitrogens is 6. The maximum atomic E-state index is 14.3. The van der Waals surface area contributed by atoms with E-state index in [1.165, 1.54) is 80.3 Å². The van der Waals surface area contributed by atoms with E-state index in [2.05, 4.69) is 50.9 Å². The summed E-state index contributed by atoms with van der Waals surface area (Å²) in [5, 5.41) is 14.8. The van der Waals surface area contributed by atoms with E-state index >= 15 is 0 Å². The second-order valence-corrected chi connectivity index (χ2v) is 12.6. The lowest BCUT2D eigenvalue weighted by Crippen LogP contribution is -2.25. The molecule has 8 aromatic rings. The number of carboxylic acid groups (broad SMARTS) is 1. The molecule has 0 aliphatic heterocycles. The van der Waals surface area contributed by atoms with E-state index < -0.39 is 29.4 Å². The quantitative estimate of drug-likeness (QED) is 0.0881. The summed E-state index contributed by atoms with van der Waals surface area (Å²) >= 11 is 0. The molecule has 0 atom stereocenters. The molecule has 0 saturated heterocycles. The Morgan fingerprint density at radius 3 is 1.54 bits per heavy atom. The lowest BCUT2D eigenvalue weighted by atomic mass is 10.0. The molecular weight excluding hydrogens is 819 g/mol. The van der Waals surface area contributed by atoms with Gasteiger partial charge in [0.15, 0.2) is 5.78 Å². The van der Waals surface area contributed by atoms with E-state index in [0.717, 1.165) is 22.7 Å². The number of carbonyl (C=O) groups excluding carboxylic acids is 3. The number of hydrogen-bond donors (Lipinski definition) is 4. The summed E-state index contributed by atoms with van der Waals surface area (Å²) in [6.45, 7) is 0. The predicted molar refractivity (Wildman–Crippen MR) is 230 cm³/mol. The first-order chi connectivity index (χ1) is 30.4. The zero-order chi connectivity index (χ0) is 45.3. The molecule has 0 fully saturated rings. The zero-order valence-electron chi connectivity index (χ0n) is 34.0. The predicted octanol–water partition coefficient (Wildman–Crippen LogP) is 7.14.